The van der Waals surface area contributed by atoms with Gasteiger partial charge in [-0.15, -0.1) is 0 Å². The molecule has 0 aliphatic rings. The Hall–Kier alpha value is -1.84. The van der Waals surface area contributed by atoms with Gasteiger partial charge >= 0.3 is 5.97 Å². The smallest absolute Gasteiger partial charge is 0.338 e. The molecule has 0 amide bonds. The Morgan fingerprint density at radius 3 is 2.47 bits per heavy atom. The molecule has 15 heavy (non-hydrogen) atoms. The number of aryl methyl sites for hydroxylation is 1. The molecule has 4 nitrogen and oxygen atoms in total. The third kappa shape index (κ3) is 2.15. The van der Waals surface area contributed by atoms with Crippen LogP contribution in [0.1, 0.15) is 26.3 Å². The van der Waals surface area contributed by atoms with Crippen LogP contribution in [0.4, 0.5) is 0 Å². The van der Waals surface area contributed by atoms with Crippen molar-refractivity contribution >= 4 is 12.3 Å². The third-order valence-electron chi connectivity index (χ3n) is 2.09. The van der Waals surface area contributed by atoms with Gasteiger partial charge in [-0.3, -0.25) is 4.79 Å². The van der Waals surface area contributed by atoms with Crippen LogP contribution >= 0.6 is 0 Å². The molecule has 0 aromatic heterocycles. The lowest BCUT2D eigenvalue weighted by Crippen LogP contribution is -2.08. The van der Waals surface area contributed by atoms with Crippen LogP contribution in [0.2, 0.25) is 0 Å². The highest BCUT2D eigenvalue weighted by molar-refractivity contribution is 5.99. The first-order chi connectivity index (χ1) is 7.13. The monoisotopic (exact) mass is 208 g/mol. The van der Waals surface area contributed by atoms with Gasteiger partial charge in [0.2, 0.25) is 0 Å². The molecule has 80 valence electrons. The third-order valence-corrected chi connectivity index (χ3v) is 2.09. The highest BCUT2D eigenvalue weighted by Crippen LogP contribution is 2.21. The van der Waals surface area contributed by atoms with Crippen molar-refractivity contribution < 1.29 is 19.1 Å². The second kappa shape index (κ2) is 4.59. The molecule has 0 aliphatic carbocycles. The lowest BCUT2D eigenvalue weighted by Gasteiger charge is -2.09. The van der Waals surface area contributed by atoms with Gasteiger partial charge in [-0.1, -0.05) is 0 Å². The molecule has 0 heterocycles. The lowest BCUT2D eigenvalue weighted by atomic mass is 10.0. The van der Waals surface area contributed by atoms with Gasteiger partial charge in [-0.2, -0.15) is 0 Å². The zero-order valence-corrected chi connectivity index (χ0v) is 8.87. The first kappa shape index (κ1) is 11.2. The van der Waals surface area contributed by atoms with Gasteiger partial charge in [0, 0.05) is 5.56 Å². The summed E-state index contributed by atoms with van der Waals surface area (Å²) in [5.41, 5.74) is 1.22. The molecule has 0 radical (unpaired) electrons. The summed E-state index contributed by atoms with van der Waals surface area (Å²) in [6.45, 7) is 1.72. The Labute approximate surface area is 87.8 Å². The average Bonchev–Trinajstić information content (AvgIpc) is 2.26. The van der Waals surface area contributed by atoms with Crippen molar-refractivity contribution in [2.24, 2.45) is 0 Å². The van der Waals surface area contributed by atoms with Crippen molar-refractivity contribution in [1.82, 2.24) is 0 Å². The highest BCUT2D eigenvalue weighted by Gasteiger charge is 2.15. The zero-order chi connectivity index (χ0) is 11.4. The number of esters is 1. The number of hydrogen-bond acceptors (Lipinski definition) is 4. The summed E-state index contributed by atoms with van der Waals surface area (Å²) in [6, 6.07) is 3.19. The maximum atomic E-state index is 11.4. The first-order valence-corrected chi connectivity index (χ1v) is 4.36. The topological polar surface area (TPSA) is 52.6 Å². The van der Waals surface area contributed by atoms with Gasteiger partial charge in [-0.05, 0) is 24.6 Å². The molecule has 0 saturated carbocycles. The molecule has 0 bridgehead atoms. The summed E-state index contributed by atoms with van der Waals surface area (Å²) >= 11 is 0. The van der Waals surface area contributed by atoms with E-state index in [4.69, 9.17) is 4.74 Å². The van der Waals surface area contributed by atoms with E-state index in [0.717, 1.165) is 0 Å². The summed E-state index contributed by atoms with van der Waals surface area (Å²) < 4.78 is 9.59. The van der Waals surface area contributed by atoms with Crippen LogP contribution in [0.3, 0.4) is 0 Å². The van der Waals surface area contributed by atoms with Gasteiger partial charge in [0.05, 0.1) is 19.8 Å². The Kier molecular flexibility index (Phi) is 3.44. The van der Waals surface area contributed by atoms with E-state index in [2.05, 4.69) is 4.74 Å². The van der Waals surface area contributed by atoms with Crippen LogP contribution < -0.4 is 4.74 Å². The fraction of sp³-hybridized carbons (Fsp3) is 0.273. The van der Waals surface area contributed by atoms with Crippen molar-refractivity contribution in [2.45, 2.75) is 6.92 Å². The van der Waals surface area contributed by atoms with Crippen molar-refractivity contribution in [3.05, 3.63) is 28.8 Å². The molecule has 1 aromatic carbocycles. The van der Waals surface area contributed by atoms with Gasteiger partial charge in [0.15, 0.2) is 6.29 Å². The van der Waals surface area contributed by atoms with Crippen LogP contribution in [0.25, 0.3) is 0 Å². The summed E-state index contributed by atoms with van der Waals surface area (Å²) in [5, 5.41) is 0. The molecule has 0 unspecified atom stereocenters. The molecular formula is C11H12O4. The van der Waals surface area contributed by atoms with Gasteiger partial charge in [0.25, 0.3) is 0 Å². The second-order valence-electron chi connectivity index (χ2n) is 3.02. The number of carbonyl (C=O) groups excluding carboxylic acids is 2. The Morgan fingerprint density at radius 2 is 2.00 bits per heavy atom. The van der Waals surface area contributed by atoms with Crippen LogP contribution in [0.5, 0.6) is 5.75 Å². The number of carbonyl (C=O) groups is 2. The molecule has 1 rings (SSSR count). The van der Waals surface area contributed by atoms with E-state index in [1.807, 2.05) is 0 Å². The van der Waals surface area contributed by atoms with Crippen LogP contribution in [-0.2, 0) is 4.74 Å². The lowest BCUT2D eigenvalue weighted by molar-refractivity contribution is 0.0597. The van der Waals surface area contributed by atoms with E-state index < -0.39 is 5.97 Å². The number of hydrogen-bond donors (Lipinski definition) is 0. The molecule has 4 heteroatoms. The predicted octanol–water partition coefficient (Wildman–Crippen LogP) is 1.60. The van der Waals surface area contributed by atoms with Crippen molar-refractivity contribution in [1.29, 1.82) is 0 Å². The SMILES string of the molecule is COC(=O)c1c(C)cc(OC)cc1C=O. The molecule has 0 aliphatic heterocycles. The quantitative estimate of drug-likeness (QED) is 0.559. The second-order valence-corrected chi connectivity index (χ2v) is 3.02. The van der Waals surface area contributed by atoms with Gasteiger partial charge in [0.1, 0.15) is 5.75 Å². The van der Waals surface area contributed by atoms with E-state index in [1.54, 1.807) is 13.0 Å². The van der Waals surface area contributed by atoms with E-state index in [0.29, 0.717) is 17.6 Å². The molecule has 0 saturated heterocycles. The largest absolute Gasteiger partial charge is 0.497 e. The number of methoxy groups -OCH3 is 2. The summed E-state index contributed by atoms with van der Waals surface area (Å²) in [4.78, 5) is 22.2. The summed E-state index contributed by atoms with van der Waals surface area (Å²) in [7, 11) is 2.78. The number of ether oxygens (including phenoxy) is 2. The molecular weight excluding hydrogens is 196 g/mol. The van der Waals surface area contributed by atoms with Crippen LogP contribution in [0, 0.1) is 6.92 Å². The molecule has 0 fully saturated rings. The fourth-order valence-corrected chi connectivity index (χ4v) is 1.37. The number of rotatable bonds is 3. The molecule has 0 atom stereocenters. The Balaban J connectivity index is 3.37. The predicted molar refractivity (Wildman–Crippen MR) is 54.5 cm³/mol. The Bertz CT molecular complexity index is 396. The van der Waals surface area contributed by atoms with Gasteiger partial charge < -0.3 is 9.47 Å². The first-order valence-electron chi connectivity index (χ1n) is 4.36. The number of benzene rings is 1. The summed E-state index contributed by atoms with van der Waals surface area (Å²) in [5.74, 6) is 0.0273. The fourth-order valence-electron chi connectivity index (χ4n) is 1.37. The Morgan fingerprint density at radius 1 is 1.33 bits per heavy atom. The van der Waals surface area contributed by atoms with Crippen LogP contribution in [-0.4, -0.2) is 26.5 Å². The maximum Gasteiger partial charge on any atom is 0.338 e. The average molecular weight is 208 g/mol. The van der Waals surface area contributed by atoms with E-state index >= 15 is 0 Å². The minimum atomic E-state index is -0.516. The van der Waals surface area contributed by atoms with E-state index in [1.165, 1.54) is 20.3 Å². The maximum absolute atomic E-state index is 11.4. The van der Waals surface area contributed by atoms with Crippen molar-refractivity contribution in [2.75, 3.05) is 14.2 Å². The zero-order valence-electron chi connectivity index (χ0n) is 8.87. The van der Waals surface area contributed by atoms with Crippen LogP contribution in [0.15, 0.2) is 12.1 Å². The van der Waals surface area contributed by atoms with E-state index in [-0.39, 0.29) is 11.1 Å². The minimum Gasteiger partial charge on any atom is -0.497 e. The van der Waals surface area contributed by atoms with Crippen molar-refractivity contribution in [3.8, 4) is 5.75 Å². The molecule has 1 aromatic rings. The number of aldehydes is 1. The normalized spacial score (nSPS) is 9.53. The standard InChI is InChI=1S/C11H12O4/c1-7-4-9(14-2)5-8(6-12)10(7)11(13)15-3/h4-6H,1-3H3. The molecule has 0 spiro atoms. The highest BCUT2D eigenvalue weighted by atomic mass is 16.5. The van der Waals surface area contributed by atoms with Crippen molar-refractivity contribution in [3.63, 3.8) is 0 Å². The summed E-state index contributed by atoms with van der Waals surface area (Å²) in [6.07, 6.45) is 0.613. The van der Waals surface area contributed by atoms with Gasteiger partial charge in [-0.25, -0.2) is 4.79 Å². The molecule has 0 N–H and O–H groups in total. The minimum absolute atomic E-state index is 0.277. The van der Waals surface area contributed by atoms with E-state index in [9.17, 15) is 9.59 Å².